The molecule has 0 saturated carbocycles. The van der Waals surface area contributed by atoms with E-state index in [1.807, 2.05) is 29.9 Å². The van der Waals surface area contributed by atoms with Gasteiger partial charge in [0.15, 0.2) is 0 Å². The van der Waals surface area contributed by atoms with Gasteiger partial charge in [0.05, 0.1) is 5.39 Å². The van der Waals surface area contributed by atoms with Crippen molar-refractivity contribution >= 4 is 16.9 Å². The minimum atomic E-state index is -0.214. The van der Waals surface area contributed by atoms with Crippen LogP contribution in [0.15, 0.2) is 42.9 Å². The van der Waals surface area contributed by atoms with Gasteiger partial charge >= 0.3 is 0 Å². The maximum absolute atomic E-state index is 13.5. The highest BCUT2D eigenvalue weighted by atomic mass is 19.1. The first-order chi connectivity index (χ1) is 9.25. The number of benzene rings is 1. The van der Waals surface area contributed by atoms with E-state index in [0.29, 0.717) is 17.9 Å². The molecule has 0 aliphatic carbocycles. The maximum atomic E-state index is 13.5. The summed E-state index contributed by atoms with van der Waals surface area (Å²) < 4.78 is 15.5. The van der Waals surface area contributed by atoms with Crippen LogP contribution < -0.4 is 5.32 Å². The fourth-order valence-corrected chi connectivity index (χ4v) is 2.04. The Labute approximate surface area is 109 Å². The lowest BCUT2D eigenvalue weighted by molar-refractivity contribution is 0.613. The molecule has 19 heavy (non-hydrogen) atoms. The first-order valence-electron chi connectivity index (χ1n) is 5.99. The molecule has 1 aromatic carbocycles. The third kappa shape index (κ3) is 2.14. The Morgan fingerprint density at radius 3 is 2.89 bits per heavy atom. The molecule has 0 spiro atoms. The molecule has 0 saturated heterocycles. The summed E-state index contributed by atoms with van der Waals surface area (Å²) in [6, 6.07) is 8.65. The number of hydrogen-bond donors (Lipinski definition) is 1. The fourth-order valence-electron chi connectivity index (χ4n) is 2.04. The van der Waals surface area contributed by atoms with E-state index in [-0.39, 0.29) is 5.82 Å². The molecule has 0 radical (unpaired) electrons. The van der Waals surface area contributed by atoms with Gasteiger partial charge in [0.25, 0.3) is 0 Å². The van der Waals surface area contributed by atoms with Crippen molar-refractivity contribution in [3.63, 3.8) is 0 Å². The average molecular weight is 256 g/mol. The Morgan fingerprint density at radius 2 is 2.05 bits per heavy atom. The molecule has 0 fully saturated rings. The number of rotatable bonds is 3. The summed E-state index contributed by atoms with van der Waals surface area (Å²) in [5.41, 5.74) is 1.47. The molecular weight excluding hydrogens is 243 g/mol. The second kappa shape index (κ2) is 4.68. The SMILES string of the molecule is Cn1ccc2c(NCc3ccccc3F)ncnc21. The molecule has 2 aromatic heterocycles. The highest BCUT2D eigenvalue weighted by Crippen LogP contribution is 2.20. The predicted octanol–water partition coefficient (Wildman–Crippen LogP) is 2.72. The number of nitrogens with zero attached hydrogens (tertiary/aromatic N) is 3. The van der Waals surface area contributed by atoms with Crippen LogP contribution in [-0.2, 0) is 13.6 Å². The Balaban J connectivity index is 1.88. The highest BCUT2D eigenvalue weighted by Gasteiger charge is 2.07. The topological polar surface area (TPSA) is 42.7 Å². The summed E-state index contributed by atoms with van der Waals surface area (Å²) in [4.78, 5) is 8.42. The van der Waals surface area contributed by atoms with Crippen molar-refractivity contribution in [2.45, 2.75) is 6.54 Å². The van der Waals surface area contributed by atoms with Gasteiger partial charge in [-0.25, -0.2) is 14.4 Å². The van der Waals surface area contributed by atoms with Crippen molar-refractivity contribution in [3.05, 3.63) is 54.2 Å². The molecule has 2 heterocycles. The van der Waals surface area contributed by atoms with Gasteiger partial charge in [-0.05, 0) is 12.1 Å². The van der Waals surface area contributed by atoms with Crippen molar-refractivity contribution in [3.8, 4) is 0 Å². The van der Waals surface area contributed by atoms with Gasteiger partial charge in [-0.1, -0.05) is 18.2 Å². The van der Waals surface area contributed by atoms with E-state index in [1.54, 1.807) is 12.1 Å². The molecule has 0 aliphatic heterocycles. The number of aromatic nitrogens is 3. The largest absolute Gasteiger partial charge is 0.365 e. The monoisotopic (exact) mass is 256 g/mol. The van der Waals surface area contributed by atoms with Crippen LogP contribution >= 0.6 is 0 Å². The van der Waals surface area contributed by atoms with Crippen molar-refractivity contribution in [2.75, 3.05) is 5.32 Å². The zero-order valence-corrected chi connectivity index (χ0v) is 10.5. The smallest absolute Gasteiger partial charge is 0.145 e. The number of halogens is 1. The van der Waals surface area contributed by atoms with Crippen molar-refractivity contribution < 1.29 is 4.39 Å². The molecule has 0 amide bonds. The van der Waals surface area contributed by atoms with Crippen LogP contribution in [0.3, 0.4) is 0 Å². The lowest BCUT2D eigenvalue weighted by Gasteiger charge is -2.07. The van der Waals surface area contributed by atoms with E-state index < -0.39 is 0 Å². The van der Waals surface area contributed by atoms with E-state index in [4.69, 9.17) is 0 Å². The van der Waals surface area contributed by atoms with Crippen LogP contribution in [0.5, 0.6) is 0 Å². The molecule has 3 aromatic rings. The first kappa shape index (κ1) is 11.6. The van der Waals surface area contributed by atoms with E-state index in [0.717, 1.165) is 11.0 Å². The summed E-state index contributed by atoms with van der Waals surface area (Å²) in [5.74, 6) is 0.502. The first-order valence-corrected chi connectivity index (χ1v) is 5.99. The third-order valence-corrected chi connectivity index (χ3v) is 3.07. The number of aryl methyl sites for hydroxylation is 1. The molecule has 1 N–H and O–H groups in total. The third-order valence-electron chi connectivity index (χ3n) is 3.07. The summed E-state index contributed by atoms with van der Waals surface area (Å²) in [5, 5.41) is 4.09. The van der Waals surface area contributed by atoms with Gasteiger partial charge in [0.2, 0.25) is 0 Å². The minimum Gasteiger partial charge on any atom is -0.365 e. The van der Waals surface area contributed by atoms with Crippen LogP contribution in [0.25, 0.3) is 11.0 Å². The maximum Gasteiger partial charge on any atom is 0.145 e. The molecule has 0 aliphatic rings. The quantitative estimate of drug-likeness (QED) is 0.783. The molecule has 0 atom stereocenters. The molecular formula is C14H13FN4. The van der Waals surface area contributed by atoms with Crippen LogP contribution in [0.4, 0.5) is 10.2 Å². The molecule has 0 unspecified atom stereocenters. The highest BCUT2D eigenvalue weighted by molar-refractivity contribution is 5.87. The molecule has 5 heteroatoms. The van der Waals surface area contributed by atoms with Crippen LogP contribution in [-0.4, -0.2) is 14.5 Å². The van der Waals surface area contributed by atoms with Gasteiger partial charge in [-0.15, -0.1) is 0 Å². The zero-order chi connectivity index (χ0) is 13.2. The molecule has 3 rings (SSSR count). The molecule has 0 bridgehead atoms. The lowest BCUT2D eigenvalue weighted by atomic mass is 10.2. The lowest BCUT2D eigenvalue weighted by Crippen LogP contribution is -2.04. The van der Waals surface area contributed by atoms with Gasteiger partial charge in [-0.2, -0.15) is 0 Å². The minimum absolute atomic E-state index is 0.214. The Kier molecular flexibility index (Phi) is 2.87. The van der Waals surface area contributed by atoms with Gasteiger partial charge < -0.3 is 9.88 Å². The van der Waals surface area contributed by atoms with E-state index in [9.17, 15) is 4.39 Å². The van der Waals surface area contributed by atoms with E-state index >= 15 is 0 Å². The standard InChI is InChI=1S/C14H13FN4/c1-19-7-6-11-13(17-9-18-14(11)19)16-8-10-4-2-3-5-12(10)15/h2-7,9H,8H2,1H3,(H,16,17,18). The van der Waals surface area contributed by atoms with Crippen molar-refractivity contribution in [1.82, 2.24) is 14.5 Å². The average Bonchev–Trinajstić information content (AvgIpc) is 2.81. The zero-order valence-electron chi connectivity index (χ0n) is 10.5. The number of fused-ring (bicyclic) bond motifs is 1. The summed E-state index contributed by atoms with van der Waals surface area (Å²) in [6.07, 6.45) is 3.43. The number of hydrogen-bond acceptors (Lipinski definition) is 3. The van der Waals surface area contributed by atoms with Crippen LogP contribution in [0.2, 0.25) is 0 Å². The van der Waals surface area contributed by atoms with Crippen LogP contribution in [0, 0.1) is 5.82 Å². The van der Waals surface area contributed by atoms with Crippen molar-refractivity contribution in [1.29, 1.82) is 0 Å². The normalized spacial score (nSPS) is 10.8. The summed E-state index contributed by atoms with van der Waals surface area (Å²) >= 11 is 0. The molecule has 4 nitrogen and oxygen atoms in total. The van der Waals surface area contributed by atoms with E-state index in [1.165, 1.54) is 12.4 Å². The second-order valence-corrected chi connectivity index (χ2v) is 4.33. The Hall–Kier alpha value is -2.43. The predicted molar refractivity (Wildman–Crippen MR) is 72.2 cm³/mol. The molecule has 96 valence electrons. The Bertz CT molecular complexity index is 720. The second-order valence-electron chi connectivity index (χ2n) is 4.33. The summed E-state index contributed by atoms with van der Waals surface area (Å²) in [7, 11) is 1.93. The number of anilines is 1. The van der Waals surface area contributed by atoms with Gasteiger partial charge in [-0.3, -0.25) is 0 Å². The van der Waals surface area contributed by atoms with Gasteiger partial charge in [0.1, 0.15) is 23.6 Å². The number of nitrogens with one attached hydrogen (secondary N) is 1. The Morgan fingerprint density at radius 1 is 1.21 bits per heavy atom. The van der Waals surface area contributed by atoms with E-state index in [2.05, 4.69) is 15.3 Å². The van der Waals surface area contributed by atoms with Crippen LogP contribution in [0.1, 0.15) is 5.56 Å². The van der Waals surface area contributed by atoms with Gasteiger partial charge in [0, 0.05) is 25.4 Å². The summed E-state index contributed by atoms with van der Waals surface area (Å²) in [6.45, 7) is 0.397. The fraction of sp³-hybridized carbons (Fsp3) is 0.143. The van der Waals surface area contributed by atoms with Crippen molar-refractivity contribution in [2.24, 2.45) is 7.05 Å².